The first-order valence-electron chi connectivity index (χ1n) is 7.26. The maximum Gasteiger partial charge on any atom is 0.407 e. The molecule has 0 aliphatic carbocycles. The molecule has 7 nitrogen and oxygen atoms in total. The van der Waals surface area contributed by atoms with E-state index in [-0.39, 0.29) is 13.0 Å². The monoisotopic (exact) mass is 291 g/mol. The number of hydrogen-bond donors (Lipinski definition) is 2. The zero-order valence-corrected chi connectivity index (χ0v) is 12.5. The molecule has 0 heterocycles. The summed E-state index contributed by atoms with van der Waals surface area (Å²) in [5, 5.41) is 4.53. The summed E-state index contributed by atoms with van der Waals surface area (Å²) < 4.78 is 25.3. The van der Waals surface area contributed by atoms with Crippen LogP contribution in [0, 0.1) is 0 Å². The van der Waals surface area contributed by atoms with E-state index in [0.29, 0.717) is 0 Å². The first kappa shape index (κ1) is 14.6. The average molecular weight is 291 g/mol. The van der Waals surface area contributed by atoms with Gasteiger partial charge in [-0.25, -0.2) is 9.59 Å². The van der Waals surface area contributed by atoms with Gasteiger partial charge in [0.1, 0.15) is 11.6 Å². The Bertz CT molecular complexity index is 425. The molecule has 0 fully saturated rings. The largest absolute Gasteiger partial charge is 0.467 e. The molecular formula is C13H24N2O5. The predicted molar refractivity (Wildman–Crippen MR) is 73.1 cm³/mol. The molecular weight excluding hydrogens is 265 g/mol. The molecule has 0 unspecified atom stereocenters. The van der Waals surface area contributed by atoms with Crippen molar-refractivity contribution < 1.29 is 26.6 Å². The lowest BCUT2D eigenvalue weighted by atomic mass is 10.2. The summed E-state index contributed by atoms with van der Waals surface area (Å²) in [5.41, 5.74) is -0.647. The van der Waals surface area contributed by atoms with Crippen molar-refractivity contribution >= 4 is 18.0 Å². The lowest BCUT2D eigenvalue weighted by molar-refractivity contribution is -0.145. The van der Waals surface area contributed by atoms with Crippen LogP contribution in [0.25, 0.3) is 0 Å². The minimum atomic E-state index is -2.23. The van der Waals surface area contributed by atoms with E-state index in [9.17, 15) is 14.4 Å². The first-order valence-corrected chi connectivity index (χ1v) is 6.18. The predicted octanol–water partition coefficient (Wildman–Crippen LogP) is 0.969. The number of amides is 2. The van der Waals surface area contributed by atoms with Crippen molar-refractivity contribution in [3.8, 4) is 0 Å². The number of hydrogen-bond acceptors (Lipinski definition) is 5. The Labute approximate surface area is 122 Å². The summed E-state index contributed by atoms with van der Waals surface area (Å²) in [6, 6.07) is -2.23. The van der Waals surface area contributed by atoms with Gasteiger partial charge >= 0.3 is 12.1 Å². The molecule has 2 N–H and O–H groups in total. The molecule has 0 aromatic rings. The highest BCUT2D eigenvalue weighted by atomic mass is 16.6. The molecule has 0 saturated heterocycles. The van der Waals surface area contributed by atoms with Gasteiger partial charge in [0.25, 0.3) is 0 Å². The molecule has 116 valence electrons. The number of nitrogens with one attached hydrogen (secondary N) is 2. The SMILES string of the molecule is [2H][C@@H](CCNC(=O)OC(C)(C)C)[13C@]([2H])(NC(C)=O)C(=O)OC. The molecule has 0 rings (SSSR count). The quantitative estimate of drug-likeness (QED) is 0.562. The van der Waals surface area contributed by atoms with Crippen LogP contribution in [-0.2, 0) is 19.1 Å². The zero-order valence-electron chi connectivity index (χ0n) is 14.5. The Morgan fingerprint density at radius 3 is 2.40 bits per heavy atom. The van der Waals surface area contributed by atoms with Crippen LogP contribution >= 0.6 is 0 Å². The van der Waals surface area contributed by atoms with Crippen LogP contribution in [0.2, 0.25) is 0 Å². The fourth-order valence-electron chi connectivity index (χ4n) is 1.19. The molecule has 0 aromatic heterocycles. The topological polar surface area (TPSA) is 93.7 Å². The molecule has 0 aliphatic rings. The van der Waals surface area contributed by atoms with Gasteiger partial charge in [-0.1, -0.05) is 0 Å². The lowest BCUT2D eigenvalue weighted by Gasteiger charge is -2.20. The van der Waals surface area contributed by atoms with E-state index >= 15 is 0 Å². The highest BCUT2D eigenvalue weighted by Gasteiger charge is 2.20. The molecule has 0 spiro atoms. The molecule has 2 atom stereocenters. The van der Waals surface area contributed by atoms with E-state index in [2.05, 4.69) is 15.4 Å². The van der Waals surface area contributed by atoms with Crippen molar-refractivity contribution in [2.45, 2.75) is 52.1 Å². The summed E-state index contributed by atoms with van der Waals surface area (Å²) in [4.78, 5) is 34.2. The maximum absolute atomic E-state index is 11.6. The third-order valence-corrected chi connectivity index (χ3v) is 1.88. The highest BCUT2D eigenvalue weighted by Crippen LogP contribution is 2.06. The molecule has 7 heteroatoms. The Balaban J connectivity index is 4.59. The number of ether oxygens (including phenoxy) is 2. The second-order valence-corrected chi connectivity index (χ2v) is 5.01. The van der Waals surface area contributed by atoms with Crippen molar-refractivity contribution in [2.75, 3.05) is 13.7 Å². The van der Waals surface area contributed by atoms with Gasteiger partial charge in [0.2, 0.25) is 5.91 Å². The van der Waals surface area contributed by atoms with Crippen molar-refractivity contribution in [3.05, 3.63) is 0 Å². The average Bonchev–Trinajstić information content (AvgIpc) is 2.34. The molecule has 0 radical (unpaired) electrons. The molecule has 2 amide bonds. The Morgan fingerprint density at radius 1 is 1.35 bits per heavy atom. The van der Waals surface area contributed by atoms with Gasteiger partial charge in [0.05, 0.1) is 8.48 Å². The summed E-state index contributed by atoms with van der Waals surface area (Å²) in [6.07, 6.45) is -2.02. The zero-order chi connectivity index (χ0) is 17.6. The fraction of sp³-hybridized carbons (Fsp3) is 0.769. The van der Waals surface area contributed by atoms with Gasteiger partial charge < -0.3 is 20.1 Å². The van der Waals surface area contributed by atoms with E-state index < -0.39 is 36.0 Å². The Hall–Kier alpha value is -1.79. The van der Waals surface area contributed by atoms with Crippen LogP contribution < -0.4 is 10.6 Å². The minimum Gasteiger partial charge on any atom is -0.467 e. The van der Waals surface area contributed by atoms with Gasteiger partial charge in [-0.3, -0.25) is 4.79 Å². The number of esters is 1. The van der Waals surface area contributed by atoms with Gasteiger partial charge in [0.15, 0.2) is 0 Å². The molecule has 0 aliphatic heterocycles. The number of rotatable bonds is 6. The van der Waals surface area contributed by atoms with Crippen molar-refractivity contribution in [3.63, 3.8) is 0 Å². The van der Waals surface area contributed by atoms with Crippen LogP contribution in [0.15, 0.2) is 0 Å². The van der Waals surface area contributed by atoms with Crippen LogP contribution in [-0.4, -0.2) is 43.2 Å². The second-order valence-electron chi connectivity index (χ2n) is 5.01. The number of carbonyl (C=O) groups excluding carboxylic acids is 3. The van der Waals surface area contributed by atoms with Crippen molar-refractivity contribution in [2.24, 2.45) is 0 Å². The van der Waals surface area contributed by atoms with Crippen molar-refractivity contribution in [1.29, 1.82) is 0 Å². The van der Waals surface area contributed by atoms with Crippen LogP contribution in [0.1, 0.15) is 43.3 Å². The number of carbonyl (C=O) groups is 3. The van der Waals surface area contributed by atoms with Crippen LogP contribution in [0.3, 0.4) is 0 Å². The summed E-state index contributed by atoms with van der Waals surface area (Å²) in [7, 11) is 1.07. The van der Waals surface area contributed by atoms with Crippen LogP contribution in [0.4, 0.5) is 4.79 Å². The standard InChI is InChI=1S/C13H24N2O5/c1-9(16)15-10(11(17)19-5)7-6-8-14-12(18)20-13(2,3)4/h10H,6-8H2,1-5H3,(H,14,18)(H,15,16)/t10-/m0/s1/i7D,10+1D/t7-,10-. The van der Waals surface area contributed by atoms with Crippen molar-refractivity contribution in [1.82, 2.24) is 10.6 Å². The van der Waals surface area contributed by atoms with E-state index in [1.54, 1.807) is 20.8 Å². The molecule has 0 bridgehead atoms. The normalized spacial score (nSPS) is 16.9. The third-order valence-electron chi connectivity index (χ3n) is 1.88. The number of alkyl carbamates (subject to hydrolysis) is 1. The van der Waals surface area contributed by atoms with E-state index in [4.69, 9.17) is 7.48 Å². The van der Waals surface area contributed by atoms with Gasteiger partial charge in [0, 0.05) is 14.8 Å². The first-order chi connectivity index (χ1) is 9.92. The van der Waals surface area contributed by atoms with Gasteiger partial charge in [-0.2, -0.15) is 0 Å². The molecule has 0 aromatic carbocycles. The van der Waals surface area contributed by atoms with E-state index in [0.717, 1.165) is 14.0 Å². The number of methoxy groups -OCH3 is 1. The minimum absolute atomic E-state index is 0.0142. The second kappa shape index (κ2) is 8.39. The Morgan fingerprint density at radius 2 is 1.95 bits per heavy atom. The molecule has 20 heavy (non-hydrogen) atoms. The summed E-state index contributed by atoms with van der Waals surface area (Å²) in [6.45, 7) is 6.28. The van der Waals surface area contributed by atoms with Gasteiger partial charge in [-0.05, 0) is 33.6 Å². The third kappa shape index (κ3) is 9.18. The maximum atomic E-state index is 11.6. The fourth-order valence-corrected chi connectivity index (χ4v) is 1.19. The molecule has 0 saturated carbocycles. The lowest BCUT2D eigenvalue weighted by Crippen LogP contribution is -2.41. The Kier molecular flexibility index (Phi) is 6.13. The summed E-state index contributed by atoms with van der Waals surface area (Å²) in [5.74, 6) is -1.67. The van der Waals surface area contributed by atoms with E-state index in [1.807, 2.05) is 0 Å². The summed E-state index contributed by atoms with van der Waals surface area (Å²) >= 11 is 0. The van der Waals surface area contributed by atoms with Gasteiger partial charge in [-0.15, -0.1) is 0 Å². The van der Waals surface area contributed by atoms with Crippen LogP contribution in [0.5, 0.6) is 0 Å². The van der Waals surface area contributed by atoms with E-state index in [1.165, 1.54) is 0 Å². The highest BCUT2D eigenvalue weighted by molar-refractivity contribution is 5.83. The smallest absolute Gasteiger partial charge is 0.407 e.